The monoisotopic (exact) mass is 254 g/mol. The SMILES string of the molecule is COC(=O)C(C(=O)OC)=C(C)C1CCCCC1C. The molecule has 0 aromatic rings. The van der Waals surface area contributed by atoms with Gasteiger partial charge in [0.05, 0.1) is 14.2 Å². The van der Waals surface area contributed by atoms with E-state index in [4.69, 9.17) is 0 Å². The predicted octanol–water partition coefficient (Wildman–Crippen LogP) is 2.48. The van der Waals surface area contributed by atoms with Crippen LogP contribution < -0.4 is 0 Å². The maximum absolute atomic E-state index is 11.7. The fourth-order valence-corrected chi connectivity index (χ4v) is 2.75. The smallest absolute Gasteiger partial charge is 0.345 e. The standard InChI is InChI=1S/C14H22O4/c1-9-7-5-6-8-11(9)10(2)12(13(15)17-3)14(16)18-4/h9,11H,5-8H2,1-4H3. The van der Waals surface area contributed by atoms with Crippen molar-refractivity contribution < 1.29 is 19.1 Å². The number of ether oxygens (including phenoxy) is 2. The number of hydrogen-bond acceptors (Lipinski definition) is 4. The number of allylic oxidation sites excluding steroid dienone is 1. The van der Waals surface area contributed by atoms with E-state index in [9.17, 15) is 9.59 Å². The topological polar surface area (TPSA) is 52.6 Å². The van der Waals surface area contributed by atoms with E-state index >= 15 is 0 Å². The van der Waals surface area contributed by atoms with E-state index in [0.717, 1.165) is 24.8 Å². The summed E-state index contributed by atoms with van der Waals surface area (Å²) in [5.41, 5.74) is 0.875. The summed E-state index contributed by atoms with van der Waals surface area (Å²) < 4.78 is 9.37. The molecule has 2 atom stereocenters. The number of carbonyl (C=O) groups excluding carboxylic acids is 2. The number of rotatable bonds is 3. The predicted molar refractivity (Wildman–Crippen MR) is 67.9 cm³/mol. The molecule has 0 radical (unpaired) electrons. The lowest BCUT2D eigenvalue weighted by Crippen LogP contribution is -2.24. The first-order valence-corrected chi connectivity index (χ1v) is 6.40. The van der Waals surface area contributed by atoms with Crippen molar-refractivity contribution in [1.82, 2.24) is 0 Å². The van der Waals surface area contributed by atoms with Crippen LogP contribution in [0.15, 0.2) is 11.1 Å². The first-order chi connectivity index (χ1) is 8.52. The zero-order valence-corrected chi connectivity index (χ0v) is 11.6. The second kappa shape index (κ2) is 6.57. The summed E-state index contributed by atoms with van der Waals surface area (Å²) >= 11 is 0. The van der Waals surface area contributed by atoms with Gasteiger partial charge in [-0.1, -0.05) is 26.2 Å². The van der Waals surface area contributed by atoms with Crippen molar-refractivity contribution in [3.63, 3.8) is 0 Å². The highest BCUT2D eigenvalue weighted by atomic mass is 16.5. The summed E-state index contributed by atoms with van der Waals surface area (Å²) in [6, 6.07) is 0. The molecule has 2 unspecified atom stereocenters. The van der Waals surface area contributed by atoms with Crippen molar-refractivity contribution >= 4 is 11.9 Å². The van der Waals surface area contributed by atoms with Crippen LogP contribution in [0.2, 0.25) is 0 Å². The van der Waals surface area contributed by atoms with Crippen LogP contribution in [0.1, 0.15) is 39.5 Å². The average Bonchev–Trinajstić information content (AvgIpc) is 2.38. The Balaban J connectivity index is 3.08. The molecule has 1 aliphatic rings. The maximum atomic E-state index is 11.7. The van der Waals surface area contributed by atoms with Crippen molar-refractivity contribution in [2.75, 3.05) is 14.2 Å². The van der Waals surface area contributed by atoms with Gasteiger partial charge in [0.25, 0.3) is 0 Å². The fourth-order valence-electron chi connectivity index (χ4n) is 2.75. The van der Waals surface area contributed by atoms with Crippen molar-refractivity contribution in [1.29, 1.82) is 0 Å². The highest BCUT2D eigenvalue weighted by Gasteiger charge is 2.30. The molecule has 0 heterocycles. The van der Waals surface area contributed by atoms with Crippen LogP contribution in [0, 0.1) is 11.8 Å². The normalized spacial score (nSPS) is 23.1. The number of carbonyl (C=O) groups is 2. The van der Waals surface area contributed by atoms with Gasteiger partial charge in [-0.05, 0) is 30.8 Å². The van der Waals surface area contributed by atoms with Gasteiger partial charge in [-0.3, -0.25) is 0 Å². The number of methoxy groups -OCH3 is 2. The van der Waals surface area contributed by atoms with Crippen LogP contribution in [0.3, 0.4) is 0 Å². The molecule has 0 N–H and O–H groups in total. The van der Waals surface area contributed by atoms with Crippen LogP contribution in [-0.2, 0) is 19.1 Å². The Morgan fingerprint density at radius 3 is 1.94 bits per heavy atom. The van der Waals surface area contributed by atoms with E-state index in [1.165, 1.54) is 20.6 Å². The highest BCUT2D eigenvalue weighted by molar-refractivity contribution is 6.14. The van der Waals surface area contributed by atoms with Gasteiger partial charge in [-0.25, -0.2) is 9.59 Å². The van der Waals surface area contributed by atoms with E-state index in [2.05, 4.69) is 16.4 Å². The first-order valence-electron chi connectivity index (χ1n) is 6.40. The summed E-state index contributed by atoms with van der Waals surface area (Å²) in [4.78, 5) is 23.4. The van der Waals surface area contributed by atoms with E-state index in [0.29, 0.717) is 5.92 Å². The minimum atomic E-state index is -0.600. The van der Waals surface area contributed by atoms with Crippen LogP contribution in [0.25, 0.3) is 0 Å². The third-order valence-electron chi connectivity index (χ3n) is 3.84. The third-order valence-corrected chi connectivity index (χ3v) is 3.84. The van der Waals surface area contributed by atoms with Gasteiger partial charge in [-0.2, -0.15) is 0 Å². The molecule has 0 saturated heterocycles. The molecule has 0 spiro atoms. The van der Waals surface area contributed by atoms with Gasteiger partial charge in [-0.15, -0.1) is 0 Å². The molecule has 102 valence electrons. The quantitative estimate of drug-likeness (QED) is 0.336. The summed E-state index contributed by atoms with van der Waals surface area (Å²) in [6.45, 7) is 4.01. The van der Waals surface area contributed by atoms with Crippen LogP contribution in [-0.4, -0.2) is 26.2 Å². The van der Waals surface area contributed by atoms with Crippen molar-refractivity contribution in [3.8, 4) is 0 Å². The Labute approximate surface area is 108 Å². The first kappa shape index (κ1) is 14.7. The Kier molecular flexibility index (Phi) is 5.38. The minimum Gasteiger partial charge on any atom is -0.465 e. The molecule has 4 heteroatoms. The van der Waals surface area contributed by atoms with Gasteiger partial charge in [0.1, 0.15) is 5.57 Å². The third kappa shape index (κ3) is 3.12. The Morgan fingerprint density at radius 2 is 1.50 bits per heavy atom. The van der Waals surface area contributed by atoms with Gasteiger partial charge in [0.15, 0.2) is 0 Å². The zero-order valence-electron chi connectivity index (χ0n) is 11.6. The second-order valence-corrected chi connectivity index (χ2v) is 4.91. The Hall–Kier alpha value is -1.32. The van der Waals surface area contributed by atoms with Gasteiger partial charge >= 0.3 is 11.9 Å². The molecule has 0 aliphatic heterocycles. The van der Waals surface area contributed by atoms with Crippen LogP contribution in [0.5, 0.6) is 0 Å². The molecular weight excluding hydrogens is 232 g/mol. The van der Waals surface area contributed by atoms with Crippen molar-refractivity contribution in [2.45, 2.75) is 39.5 Å². The molecule has 18 heavy (non-hydrogen) atoms. The molecule has 0 amide bonds. The van der Waals surface area contributed by atoms with E-state index in [1.807, 2.05) is 6.92 Å². The minimum absolute atomic E-state index is 0.0683. The molecule has 4 nitrogen and oxygen atoms in total. The lowest BCUT2D eigenvalue weighted by atomic mass is 9.75. The summed E-state index contributed by atoms with van der Waals surface area (Å²) in [5, 5.41) is 0. The number of esters is 2. The molecule has 1 fully saturated rings. The molecule has 1 saturated carbocycles. The molecule has 0 aromatic heterocycles. The van der Waals surface area contributed by atoms with Crippen molar-refractivity contribution in [3.05, 3.63) is 11.1 Å². The molecular formula is C14H22O4. The van der Waals surface area contributed by atoms with Gasteiger partial charge < -0.3 is 9.47 Å². The summed E-state index contributed by atoms with van der Waals surface area (Å²) in [5.74, 6) is -0.441. The van der Waals surface area contributed by atoms with E-state index in [1.54, 1.807) is 0 Å². The summed E-state index contributed by atoms with van der Waals surface area (Å²) in [6.07, 6.45) is 4.51. The van der Waals surface area contributed by atoms with E-state index in [-0.39, 0.29) is 11.5 Å². The molecule has 1 aliphatic carbocycles. The lowest BCUT2D eigenvalue weighted by molar-refractivity contribution is -0.144. The zero-order chi connectivity index (χ0) is 13.7. The average molecular weight is 254 g/mol. The van der Waals surface area contributed by atoms with Gasteiger partial charge in [0, 0.05) is 0 Å². The van der Waals surface area contributed by atoms with Crippen LogP contribution in [0.4, 0.5) is 0 Å². The summed E-state index contributed by atoms with van der Waals surface area (Å²) in [7, 11) is 2.56. The molecule has 0 bridgehead atoms. The Bertz CT molecular complexity index is 339. The van der Waals surface area contributed by atoms with E-state index < -0.39 is 11.9 Å². The maximum Gasteiger partial charge on any atom is 0.345 e. The fraction of sp³-hybridized carbons (Fsp3) is 0.714. The second-order valence-electron chi connectivity index (χ2n) is 4.91. The number of hydrogen-bond donors (Lipinski definition) is 0. The lowest BCUT2D eigenvalue weighted by Gasteiger charge is -2.30. The molecule has 1 rings (SSSR count). The molecule has 0 aromatic carbocycles. The van der Waals surface area contributed by atoms with Gasteiger partial charge in [0.2, 0.25) is 0 Å². The van der Waals surface area contributed by atoms with Crippen molar-refractivity contribution in [2.24, 2.45) is 11.8 Å². The Morgan fingerprint density at radius 1 is 1.00 bits per heavy atom. The highest BCUT2D eigenvalue weighted by Crippen LogP contribution is 2.36. The van der Waals surface area contributed by atoms with Crippen LogP contribution >= 0.6 is 0 Å². The largest absolute Gasteiger partial charge is 0.465 e.